The van der Waals surface area contributed by atoms with E-state index in [0.29, 0.717) is 17.0 Å². The van der Waals surface area contributed by atoms with E-state index in [1.165, 1.54) is 4.90 Å². The van der Waals surface area contributed by atoms with Crippen molar-refractivity contribution < 1.29 is 23.0 Å². The molecule has 0 aliphatic carbocycles. The predicted octanol–water partition coefficient (Wildman–Crippen LogP) is 4.29. The van der Waals surface area contributed by atoms with E-state index in [-0.39, 0.29) is 26.1 Å². The number of aliphatic hydroxyl groups excluding tert-OH is 1. The van der Waals surface area contributed by atoms with Crippen LogP contribution in [-0.2, 0) is 6.54 Å². The topological polar surface area (TPSA) is 50.5 Å². The van der Waals surface area contributed by atoms with Gasteiger partial charge in [-0.05, 0) is 42.8 Å². The highest BCUT2D eigenvalue weighted by atomic mass is 19.4. The van der Waals surface area contributed by atoms with Crippen LogP contribution in [0.15, 0.2) is 60.8 Å². The molecule has 0 atom stereocenters. The number of para-hydroxylation sites is 1. The van der Waals surface area contributed by atoms with Crippen molar-refractivity contribution in [1.82, 2.24) is 14.7 Å². The molecule has 3 rings (SSSR count). The Bertz CT molecular complexity index is 925. The van der Waals surface area contributed by atoms with Crippen LogP contribution in [0.1, 0.15) is 12.0 Å². The zero-order chi connectivity index (χ0) is 21.6. The lowest BCUT2D eigenvalue weighted by molar-refractivity contribution is -0.147. The van der Waals surface area contributed by atoms with Gasteiger partial charge in [-0.1, -0.05) is 18.2 Å². The van der Waals surface area contributed by atoms with Crippen molar-refractivity contribution in [2.75, 3.05) is 26.8 Å². The molecule has 0 radical (unpaired) electrons. The van der Waals surface area contributed by atoms with Gasteiger partial charge in [-0.2, -0.15) is 18.3 Å². The van der Waals surface area contributed by atoms with Crippen molar-refractivity contribution in [2.45, 2.75) is 19.1 Å². The average Bonchev–Trinajstić information content (AvgIpc) is 3.15. The van der Waals surface area contributed by atoms with E-state index in [4.69, 9.17) is 9.84 Å². The van der Waals surface area contributed by atoms with E-state index in [1.807, 2.05) is 42.5 Å². The van der Waals surface area contributed by atoms with Crippen LogP contribution in [0.3, 0.4) is 0 Å². The van der Waals surface area contributed by atoms with Crippen LogP contribution in [0.4, 0.5) is 13.2 Å². The summed E-state index contributed by atoms with van der Waals surface area (Å²) < 4.78 is 46.1. The SMILES string of the molecule is COc1ccc(-c2nn(-c3ccccc3)cc2CN(CCCO)CC(F)(F)F)cc1. The van der Waals surface area contributed by atoms with Crippen LogP contribution in [0, 0.1) is 0 Å². The minimum absolute atomic E-state index is 0.0632. The van der Waals surface area contributed by atoms with Crippen LogP contribution in [-0.4, -0.2) is 52.8 Å². The van der Waals surface area contributed by atoms with Crippen molar-refractivity contribution in [2.24, 2.45) is 0 Å². The first-order valence-electron chi connectivity index (χ1n) is 9.58. The van der Waals surface area contributed by atoms with Gasteiger partial charge in [0.15, 0.2) is 0 Å². The van der Waals surface area contributed by atoms with Gasteiger partial charge in [0.05, 0.1) is 25.0 Å². The van der Waals surface area contributed by atoms with Gasteiger partial charge in [0.2, 0.25) is 0 Å². The summed E-state index contributed by atoms with van der Waals surface area (Å²) in [4.78, 5) is 1.29. The summed E-state index contributed by atoms with van der Waals surface area (Å²) in [6.07, 6.45) is -2.30. The summed E-state index contributed by atoms with van der Waals surface area (Å²) in [5.74, 6) is 0.685. The number of benzene rings is 2. The summed E-state index contributed by atoms with van der Waals surface area (Å²) in [6, 6.07) is 16.7. The summed E-state index contributed by atoms with van der Waals surface area (Å²) in [6.45, 7) is -1.02. The fourth-order valence-electron chi connectivity index (χ4n) is 3.23. The third kappa shape index (κ3) is 5.84. The van der Waals surface area contributed by atoms with Crippen molar-refractivity contribution in [1.29, 1.82) is 0 Å². The number of rotatable bonds is 9. The molecular weight excluding hydrogens is 395 g/mol. The Kier molecular flexibility index (Phi) is 7.12. The maximum absolute atomic E-state index is 13.1. The predicted molar refractivity (Wildman–Crippen MR) is 109 cm³/mol. The third-order valence-electron chi connectivity index (χ3n) is 4.60. The molecule has 1 heterocycles. The van der Waals surface area contributed by atoms with Gasteiger partial charge in [-0.3, -0.25) is 4.90 Å². The molecule has 8 heteroatoms. The van der Waals surface area contributed by atoms with Gasteiger partial charge in [0, 0.05) is 37.0 Å². The van der Waals surface area contributed by atoms with Gasteiger partial charge in [-0.25, -0.2) is 4.68 Å². The van der Waals surface area contributed by atoms with Gasteiger partial charge < -0.3 is 9.84 Å². The highest BCUT2D eigenvalue weighted by Gasteiger charge is 2.31. The van der Waals surface area contributed by atoms with Gasteiger partial charge in [0.25, 0.3) is 0 Å². The smallest absolute Gasteiger partial charge is 0.401 e. The van der Waals surface area contributed by atoms with Crippen LogP contribution in [0.25, 0.3) is 16.9 Å². The molecule has 1 aromatic heterocycles. The second-order valence-corrected chi connectivity index (χ2v) is 6.91. The molecule has 0 fully saturated rings. The van der Waals surface area contributed by atoms with Gasteiger partial charge >= 0.3 is 6.18 Å². The normalized spacial score (nSPS) is 11.8. The lowest BCUT2D eigenvalue weighted by Gasteiger charge is -2.23. The number of methoxy groups -OCH3 is 1. The van der Waals surface area contributed by atoms with Gasteiger partial charge in [-0.15, -0.1) is 0 Å². The third-order valence-corrected chi connectivity index (χ3v) is 4.60. The van der Waals surface area contributed by atoms with Crippen molar-refractivity contribution in [3.63, 3.8) is 0 Å². The molecule has 0 saturated heterocycles. The van der Waals surface area contributed by atoms with Crippen LogP contribution < -0.4 is 4.74 Å². The standard InChI is InChI=1S/C22H24F3N3O2/c1-30-20-10-8-17(9-11-20)21-18(14-27(12-5-13-29)16-22(23,24)25)15-28(26-21)19-6-3-2-4-7-19/h2-4,6-11,15,29H,5,12-14,16H2,1H3. The number of alkyl halides is 3. The first-order valence-corrected chi connectivity index (χ1v) is 9.58. The molecule has 0 bridgehead atoms. The number of halogens is 3. The molecule has 0 saturated carbocycles. The summed E-state index contributed by atoms with van der Waals surface area (Å²) in [5, 5.41) is 13.7. The van der Waals surface area contributed by atoms with E-state index in [0.717, 1.165) is 11.3 Å². The molecule has 2 aromatic carbocycles. The Labute approximate surface area is 173 Å². The largest absolute Gasteiger partial charge is 0.497 e. The number of aromatic nitrogens is 2. The zero-order valence-electron chi connectivity index (χ0n) is 16.6. The maximum atomic E-state index is 13.1. The van der Waals surface area contributed by atoms with E-state index in [9.17, 15) is 13.2 Å². The second-order valence-electron chi connectivity index (χ2n) is 6.91. The molecule has 3 aromatic rings. The Morgan fingerprint density at radius 3 is 2.37 bits per heavy atom. The first-order chi connectivity index (χ1) is 14.4. The lowest BCUT2D eigenvalue weighted by Crippen LogP contribution is -2.35. The number of nitrogens with zero attached hydrogens (tertiary/aromatic N) is 3. The fourth-order valence-corrected chi connectivity index (χ4v) is 3.23. The van der Waals surface area contributed by atoms with Crippen molar-refractivity contribution >= 4 is 0 Å². The molecule has 0 aliphatic heterocycles. The van der Waals surface area contributed by atoms with E-state index in [1.54, 1.807) is 30.1 Å². The molecule has 1 N–H and O–H groups in total. The Morgan fingerprint density at radius 1 is 1.07 bits per heavy atom. The molecular formula is C22H24F3N3O2. The molecule has 30 heavy (non-hydrogen) atoms. The molecule has 160 valence electrons. The average molecular weight is 419 g/mol. The minimum atomic E-state index is -4.33. The number of aliphatic hydroxyl groups is 1. The van der Waals surface area contributed by atoms with Crippen LogP contribution in [0.2, 0.25) is 0 Å². The maximum Gasteiger partial charge on any atom is 0.401 e. The Morgan fingerprint density at radius 2 is 1.77 bits per heavy atom. The lowest BCUT2D eigenvalue weighted by atomic mass is 10.1. The van der Waals surface area contributed by atoms with Gasteiger partial charge in [0.1, 0.15) is 5.75 Å². The second kappa shape index (κ2) is 9.77. The quantitative estimate of drug-likeness (QED) is 0.562. The highest BCUT2D eigenvalue weighted by molar-refractivity contribution is 5.64. The Balaban J connectivity index is 1.98. The zero-order valence-corrected chi connectivity index (χ0v) is 16.6. The summed E-state index contributed by atoms with van der Waals surface area (Å²) in [7, 11) is 1.57. The summed E-state index contributed by atoms with van der Waals surface area (Å²) in [5.41, 5.74) is 2.88. The molecule has 0 unspecified atom stereocenters. The first kappa shape index (κ1) is 21.9. The molecule has 5 nitrogen and oxygen atoms in total. The van der Waals surface area contributed by atoms with Crippen LogP contribution >= 0.6 is 0 Å². The highest BCUT2D eigenvalue weighted by Crippen LogP contribution is 2.28. The summed E-state index contributed by atoms with van der Waals surface area (Å²) >= 11 is 0. The number of ether oxygens (including phenoxy) is 1. The van der Waals surface area contributed by atoms with Crippen molar-refractivity contribution in [3.05, 3.63) is 66.4 Å². The fraction of sp³-hybridized carbons (Fsp3) is 0.318. The molecule has 0 spiro atoms. The van der Waals surface area contributed by atoms with E-state index >= 15 is 0 Å². The van der Waals surface area contributed by atoms with E-state index < -0.39 is 12.7 Å². The van der Waals surface area contributed by atoms with E-state index in [2.05, 4.69) is 5.10 Å². The van der Waals surface area contributed by atoms with Crippen molar-refractivity contribution in [3.8, 4) is 22.7 Å². The number of hydrogen-bond acceptors (Lipinski definition) is 4. The minimum Gasteiger partial charge on any atom is -0.497 e. The Hall–Kier alpha value is -2.84. The van der Waals surface area contributed by atoms with Crippen LogP contribution in [0.5, 0.6) is 5.75 Å². The monoisotopic (exact) mass is 419 g/mol. The molecule has 0 amide bonds. The molecule has 0 aliphatic rings. The number of hydrogen-bond donors (Lipinski definition) is 1.